The van der Waals surface area contributed by atoms with Gasteiger partial charge in [0.1, 0.15) is 24.4 Å². The Labute approximate surface area is 301 Å². The van der Waals surface area contributed by atoms with Crippen molar-refractivity contribution in [2.75, 3.05) is 13.2 Å². The van der Waals surface area contributed by atoms with Crippen LogP contribution in [0.1, 0.15) is 194 Å². The molecule has 0 saturated carbocycles. The number of unbranched alkanes of at least 4 members (excludes halogenated alkanes) is 22. The Morgan fingerprint density at radius 2 is 0.714 bits per heavy atom. The van der Waals surface area contributed by atoms with Gasteiger partial charge in [-0.05, 0) is 64.2 Å². The minimum absolute atomic E-state index is 0.333. The van der Waals surface area contributed by atoms with Crippen molar-refractivity contribution in [2.45, 2.75) is 218 Å². The highest BCUT2D eigenvalue weighted by atomic mass is 16.5. The number of ketones is 2. The minimum Gasteiger partial charge on any atom is -0.393 e. The summed E-state index contributed by atoms with van der Waals surface area (Å²) in [5.41, 5.74) is 0. The zero-order valence-corrected chi connectivity index (χ0v) is 31.8. The van der Waals surface area contributed by atoms with E-state index in [1.165, 1.54) is 77.0 Å². The summed E-state index contributed by atoms with van der Waals surface area (Å²) in [6.45, 7) is 3.07. The van der Waals surface area contributed by atoms with Crippen LogP contribution < -0.4 is 0 Å². The molecule has 0 aromatic carbocycles. The van der Waals surface area contributed by atoms with E-state index < -0.39 is 49.2 Å². The molecule has 0 aliphatic carbocycles. The van der Waals surface area contributed by atoms with Crippen molar-refractivity contribution in [3.05, 3.63) is 24.3 Å². The van der Waals surface area contributed by atoms with Crippen molar-refractivity contribution in [3.8, 4) is 0 Å². The Morgan fingerprint density at radius 1 is 0.449 bits per heavy atom. The fraction of sp³-hybridized carbons (Fsp3) is 0.857. The average molecular weight is 695 g/mol. The first kappa shape index (κ1) is 47.6. The number of Topliss-reactive ketones (excluding diaryl/α,β-unsaturated/α-hetero) is 2. The van der Waals surface area contributed by atoms with Crippen LogP contribution in [-0.2, 0) is 14.3 Å². The zero-order valence-electron chi connectivity index (χ0n) is 31.8. The van der Waals surface area contributed by atoms with E-state index in [1.807, 2.05) is 0 Å². The Kier molecular flexibility index (Phi) is 35.4. The van der Waals surface area contributed by atoms with Gasteiger partial charge in [-0.15, -0.1) is 0 Å². The zero-order chi connectivity index (χ0) is 36.2. The quantitative estimate of drug-likeness (QED) is 0.0375. The van der Waals surface area contributed by atoms with E-state index in [1.54, 1.807) is 0 Å². The van der Waals surface area contributed by atoms with Crippen LogP contribution in [0.3, 0.4) is 0 Å². The van der Waals surface area contributed by atoms with Crippen LogP contribution in [0.15, 0.2) is 24.3 Å². The molecule has 4 atom stereocenters. The van der Waals surface area contributed by atoms with E-state index in [-0.39, 0.29) is 0 Å². The predicted molar refractivity (Wildman–Crippen MR) is 204 cm³/mol. The Hall–Kier alpha value is -1.38. The first-order valence-electron chi connectivity index (χ1n) is 20.5. The lowest BCUT2D eigenvalue weighted by molar-refractivity contribution is -0.156. The van der Waals surface area contributed by atoms with E-state index >= 15 is 0 Å². The maximum absolute atomic E-state index is 12.9. The Balaban J connectivity index is 4.52. The number of carbonyl (C=O) groups is 2. The van der Waals surface area contributed by atoms with Crippen molar-refractivity contribution in [3.63, 3.8) is 0 Å². The first-order valence-corrected chi connectivity index (χ1v) is 20.5. The van der Waals surface area contributed by atoms with Crippen molar-refractivity contribution in [1.82, 2.24) is 0 Å². The van der Waals surface area contributed by atoms with Crippen molar-refractivity contribution < 1.29 is 34.8 Å². The van der Waals surface area contributed by atoms with Gasteiger partial charge in [0.05, 0.1) is 13.2 Å². The van der Waals surface area contributed by atoms with Gasteiger partial charge >= 0.3 is 0 Å². The summed E-state index contributed by atoms with van der Waals surface area (Å²) < 4.78 is 6.00. The molecule has 0 saturated heterocycles. The second-order valence-corrected chi connectivity index (χ2v) is 14.1. The maximum atomic E-state index is 12.9. The number of allylic oxidation sites excluding steroid dienone is 4. The third-order valence-corrected chi connectivity index (χ3v) is 9.42. The van der Waals surface area contributed by atoms with E-state index in [9.17, 15) is 30.0 Å². The highest BCUT2D eigenvalue weighted by molar-refractivity contribution is 5.89. The van der Waals surface area contributed by atoms with E-state index in [0.717, 1.165) is 77.0 Å². The fourth-order valence-corrected chi connectivity index (χ4v) is 6.16. The predicted octanol–water partition coefficient (Wildman–Crippen LogP) is 9.66. The van der Waals surface area contributed by atoms with Gasteiger partial charge in [-0.1, -0.05) is 154 Å². The van der Waals surface area contributed by atoms with Crippen LogP contribution in [0.2, 0.25) is 0 Å². The SMILES string of the molecule is CCCCCCCC/C=C\CCCCCCCC(OC(CCCCCCC/C=C\CCCCCCCC)C(=O)C(O)CO)C(=O)C(O)CO. The monoisotopic (exact) mass is 695 g/mol. The molecule has 0 amide bonds. The summed E-state index contributed by atoms with van der Waals surface area (Å²) in [7, 11) is 0. The minimum atomic E-state index is -1.58. The highest BCUT2D eigenvalue weighted by Gasteiger charge is 2.33. The largest absolute Gasteiger partial charge is 0.393 e. The van der Waals surface area contributed by atoms with Crippen molar-refractivity contribution in [1.29, 1.82) is 0 Å². The topological polar surface area (TPSA) is 124 Å². The molecule has 0 aromatic heterocycles. The molecule has 7 nitrogen and oxygen atoms in total. The van der Waals surface area contributed by atoms with Crippen LogP contribution in [0.4, 0.5) is 0 Å². The molecule has 0 bridgehead atoms. The lowest BCUT2D eigenvalue weighted by Gasteiger charge is -2.26. The van der Waals surface area contributed by atoms with Gasteiger partial charge in [-0.25, -0.2) is 0 Å². The lowest BCUT2D eigenvalue weighted by atomic mass is 9.99. The molecule has 7 heteroatoms. The number of carbonyl (C=O) groups excluding carboxylic acids is 2. The number of rotatable bonds is 38. The molecule has 0 rings (SSSR count). The Morgan fingerprint density at radius 3 is 1.00 bits per heavy atom. The molecule has 4 N–H and O–H groups in total. The molecule has 0 spiro atoms. The third kappa shape index (κ3) is 29.0. The molecule has 49 heavy (non-hydrogen) atoms. The molecule has 0 fully saturated rings. The summed E-state index contributed by atoms with van der Waals surface area (Å²) in [4.78, 5) is 25.8. The van der Waals surface area contributed by atoms with Crippen LogP contribution in [-0.4, -0.2) is 69.6 Å². The number of aliphatic hydroxyl groups is 4. The molecular formula is C42H78O7. The summed E-state index contributed by atoms with van der Waals surface area (Å²) in [5, 5.41) is 39.0. The average Bonchev–Trinajstić information content (AvgIpc) is 3.12. The smallest absolute Gasteiger partial charge is 0.192 e. The molecule has 4 unspecified atom stereocenters. The van der Waals surface area contributed by atoms with Crippen molar-refractivity contribution >= 4 is 11.6 Å². The van der Waals surface area contributed by atoms with Gasteiger partial charge in [0, 0.05) is 0 Å². The first-order chi connectivity index (χ1) is 23.9. The van der Waals surface area contributed by atoms with Gasteiger partial charge in [-0.3, -0.25) is 9.59 Å². The standard InChI is InChI=1S/C42H78O7/c1-3-5-7-9-11-13-15-17-19-21-23-25-27-29-31-33-39(41(47)37(45)35-43)49-40(42(48)38(46)36-44)34-32-30-28-26-24-22-20-18-16-14-12-10-8-6-4-2/h17-20,37-40,43-46H,3-16,21-36H2,1-2H3/b19-17-,20-18-. The number of aliphatic hydroxyl groups excluding tert-OH is 4. The molecule has 288 valence electrons. The van der Waals surface area contributed by atoms with Gasteiger partial charge < -0.3 is 25.2 Å². The molecule has 0 aliphatic rings. The summed E-state index contributed by atoms with van der Waals surface area (Å²) in [6, 6.07) is 0. The van der Waals surface area contributed by atoms with E-state index in [4.69, 9.17) is 4.74 Å². The Bertz CT molecular complexity index is 732. The lowest BCUT2D eigenvalue weighted by Crippen LogP contribution is -2.43. The van der Waals surface area contributed by atoms with Crippen LogP contribution >= 0.6 is 0 Å². The van der Waals surface area contributed by atoms with Crippen molar-refractivity contribution in [2.24, 2.45) is 0 Å². The van der Waals surface area contributed by atoms with Gasteiger partial charge in [0.15, 0.2) is 11.6 Å². The van der Waals surface area contributed by atoms with Crippen LogP contribution in [0.5, 0.6) is 0 Å². The van der Waals surface area contributed by atoms with Gasteiger partial charge in [0.25, 0.3) is 0 Å². The van der Waals surface area contributed by atoms with E-state index in [2.05, 4.69) is 38.2 Å². The third-order valence-electron chi connectivity index (χ3n) is 9.42. The summed E-state index contributed by atoms with van der Waals surface area (Å²) >= 11 is 0. The number of ether oxygens (including phenoxy) is 1. The van der Waals surface area contributed by atoms with Gasteiger partial charge in [0.2, 0.25) is 0 Å². The molecule has 0 aliphatic heterocycles. The normalized spacial score (nSPS) is 14.5. The number of hydrogen-bond acceptors (Lipinski definition) is 7. The highest BCUT2D eigenvalue weighted by Crippen LogP contribution is 2.20. The van der Waals surface area contributed by atoms with E-state index in [0.29, 0.717) is 25.7 Å². The van der Waals surface area contributed by atoms with Crippen LogP contribution in [0, 0.1) is 0 Å². The van der Waals surface area contributed by atoms with Crippen LogP contribution in [0.25, 0.3) is 0 Å². The summed E-state index contributed by atoms with van der Waals surface area (Å²) in [5.74, 6) is -1.28. The second-order valence-electron chi connectivity index (χ2n) is 14.1. The summed E-state index contributed by atoms with van der Waals surface area (Å²) in [6.07, 6.45) is 34.6. The molecule has 0 aromatic rings. The number of hydrogen-bond donors (Lipinski definition) is 4. The second kappa shape index (κ2) is 36.4. The molecule has 0 heterocycles. The fourth-order valence-electron chi connectivity index (χ4n) is 6.16. The molecule has 0 radical (unpaired) electrons. The maximum Gasteiger partial charge on any atom is 0.192 e. The molecular weight excluding hydrogens is 616 g/mol. The van der Waals surface area contributed by atoms with Gasteiger partial charge in [-0.2, -0.15) is 0 Å².